The summed E-state index contributed by atoms with van der Waals surface area (Å²) >= 11 is 0. The summed E-state index contributed by atoms with van der Waals surface area (Å²) in [4.78, 5) is 36.6. The number of para-hydroxylation sites is 3. The number of rotatable bonds is 12. The van der Waals surface area contributed by atoms with Crippen molar-refractivity contribution in [3.05, 3.63) is 89.5 Å². The van der Waals surface area contributed by atoms with Crippen molar-refractivity contribution in [1.82, 2.24) is 0 Å². The lowest BCUT2D eigenvalue weighted by molar-refractivity contribution is 0.0593. The van der Waals surface area contributed by atoms with Crippen molar-refractivity contribution in [2.75, 3.05) is 56.1 Å². The highest BCUT2D eigenvalue weighted by atomic mass is 31.1. The van der Waals surface area contributed by atoms with Gasteiger partial charge in [0.05, 0.1) is 38.0 Å². The summed E-state index contributed by atoms with van der Waals surface area (Å²) in [6, 6.07) is 21.4. The van der Waals surface area contributed by atoms with Gasteiger partial charge in [0.25, 0.3) is 0 Å². The van der Waals surface area contributed by atoms with Crippen molar-refractivity contribution in [1.29, 1.82) is 0 Å². The Hall–Kier alpha value is -4.10. The molecule has 3 aromatic carbocycles. The van der Waals surface area contributed by atoms with Gasteiger partial charge in [-0.1, -0.05) is 36.4 Å². The van der Waals surface area contributed by atoms with Crippen molar-refractivity contribution < 1.29 is 28.6 Å². The molecule has 0 saturated heterocycles. The molecule has 0 aliphatic carbocycles. The number of methoxy groups -OCH3 is 3. The predicted molar refractivity (Wildman–Crippen MR) is 146 cm³/mol. The molecule has 3 aromatic rings. The molecule has 0 spiro atoms. The standard InChI is InChI=1S/C27H30N3O6P/c1-34-25(31)19-10-4-7-13-22(19)28-16-37(17-29-23-14-8-5-11-20(23)26(32)35-2)18-30-24-15-9-6-12-21(24)27(33)36-3/h4-15,28-30H,16-18H2,1-3H3. The Morgan fingerprint density at radius 2 is 0.811 bits per heavy atom. The van der Waals surface area contributed by atoms with E-state index < -0.39 is 25.8 Å². The molecule has 10 heteroatoms. The fraction of sp³-hybridized carbons (Fsp3) is 0.222. The van der Waals surface area contributed by atoms with Crippen LogP contribution in [0, 0.1) is 0 Å². The van der Waals surface area contributed by atoms with E-state index in [1.807, 2.05) is 36.4 Å². The Balaban J connectivity index is 1.79. The Kier molecular flexibility index (Phi) is 10.3. The van der Waals surface area contributed by atoms with Crippen LogP contribution in [0.15, 0.2) is 72.8 Å². The van der Waals surface area contributed by atoms with Crippen LogP contribution >= 0.6 is 7.92 Å². The third-order valence-electron chi connectivity index (χ3n) is 5.48. The second-order valence-corrected chi connectivity index (χ2v) is 10.1. The van der Waals surface area contributed by atoms with Gasteiger partial charge in [0, 0.05) is 35.9 Å². The first-order chi connectivity index (χ1) is 18.0. The third-order valence-corrected chi connectivity index (χ3v) is 7.29. The van der Waals surface area contributed by atoms with Crippen molar-refractivity contribution >= 4 is 42.9 Å². The lowest BCUT2D eigenvalue weighted by Gasteiger charge is -2.23. The molecule has 0 amide bonds. The van der Waals surface area contributed by atoms with Crippen LogP contribution in [0.5, 0.6) is 0 Å². The van der Waals surface area contributed by atoms with E-state index in [1.165, 1.54) is 21.3 Å². The van der Waals surface area contributed by atoms with E-state index in [2.05, 4.69) is 16.0 Å². The lowest BCUT2D eigenvalue weighted by atomic mass is 10.2. The zero-order valence-electron chi connectivity index (χ0n) is 20.9. The van der Waals surface area contributed by atoms with Crippen molar-refractivity contribution in [3.8, 4) is 0 Å². The largest absolute Gasteiger partial charge is 0.465 e. The second kappa shape index (κ2) is 13.8. The maximum absolute atomic E-state index is 12.2. The first-order valence-corrected chi connectivity index (χ1v) is 13.3. The van der Waals surface area contributed by atoms with E-state index in [4.69, 9.17) is 14.2 Å². The van der Waals surface area contributed by atoms with Crippen LogP contribution in [0.3, 0.4) is 0 Å². The smallest absolute Gasteiger partial charge is 0.339 e. The molecule has 0 bridgehead atoms. The summed E-state index contributed by atoms with van der Waals surface area (Å²) in [5.41, 5.74) is 3.29. The van der Waals surface area contributed by atoms with Crippen LogP contribution in [0.1, 0.15) is 31.1 Å². The van der Waals surface area contributed by atoms with Crippen LogP contribution in [0.4, 0.5) is 17.1 Å². The molecule has 0 fully saturated rings. The fourth-order valence-electron chi connectivity index (χ4n) is 3.53. The Bertz CT molecular complexity index is 1090. The molecule has 3 N–H and O–H groups in total. The first kappa shape index (κ1) is 27.5. The zero-order valence-corrected chi connectivity index (χ0v) is 21.8. The van der Waals surface area contributed by atoms with Gasteiger partial charge in [-0.25, -0.2) is 14.4 Å². The summed E-state index contributed by atoms with van der Waals surface area (Å²) in [6.45, 7) is 0. The summed E-state index contributed by atoms with van der Waals surface area (Å²) in [6.07, 6.45) is 1.60. The molecule has 0 heterocycles. The summed E-state index contributed by atoms with van der Waals surface area (Å²) in [7, 11) is 3.20. The molecular formula is C27H30N3O6P. The molecule has 0 radical (unpaired) electrons. The number of ether oxygens (including phenoxy) is 3. The maximum Gasteiger partial charge on any atom is 0.339 e. The van der Waals surface area contributed by atoms with E-state index in [-0.39, 0.29) is 0 Å². The first-order valence-electron chi connectivity index (χ1n) is 11.4. The van der Waals surface area contributed by atoms with Crippen LogP contribution in [0.25, 0.3) is 0 Å². The number of carbonyl (C=O) groups excluding carboxylic acids is 3. The Morgan fingerprint density at radius 3 is 1.08 bits per heavy atom. The average molecular weight is 524 g/mol. The topological polar surface area (TPSA) is 115 Å². The number of nitrogens with one attached hydrogen (secondary N) is 3. The van der Waals surface area contributed by atoms with Gasteiger partial charge in [0.1, 0.15) is 0 Å². The normalized spacial score (nSPS) is 10.4. The molecule has 0 unspecified atom stereocenters. The van der Waals surface area contributed by atoms with E-state index in [0.29, 0.717) is 52.6 Å². The van der Waals surface area contributed by atoms with Crippen molar-refractivity contribution in [2.45, 2.75) is 0 Å². The van der Waals surface area contributed by atoms with Crippen LogP contribution < -0.4 is 16.0 Å². The number of benzene rings is 3. The second-order valence-electron chi connectivity index (χ2n) is 7.79. The minimum Gasteiger partial charge on any atom is -0.465 e. The lowest BCUT2D eigenvalue weighted by Crippen LogP contribution is -2.17. The molecule has 0 atom stereocenters. The molecule has 0 aliphatic rings. The molecule has 0 saturated carbocycles. The molecular weight excluding hydrogens is 493 g/mol. The van der Waals surface area contributed by atoms with Crippen LogP contribution in [0.2, 0.25) is 0 Å². The quantitative estimate of drug-likeness (QED) is 0.171. The van der Waals surface area contributed by atoms with Crippen molar-refractivity contribution in [3.63, 3.8) is 0 Å². The molecule has 194 valence electrons. The molecule has 0 aliphatic heterocycles. The predicted octanol–water partition coefficient (Wildman–Crippen LogP) is 5.04. The van der Waals surface area contributed by atoms with Crippen LogP contribution in [-0.2, 0) is 14.2 Å². The monoisotopic (exact) mass is 523 g/mol. The Morgan fingerprint density at radius 1 is 0.541 bits per heavy atom. The highest BCUT2D eigenvalue weighted by Gasteiger charge is 2.17. The summed E-state index contributed by atoms with van der Waals surface area (Å²) < 4.78 is 14.7. The highest BCUT2D eigenvalue weighted by molar-refractivity contribution is 7.58. The third kappa shape index (κ3) is 7.44. The Labute approximate surface area is 217 Å². The van der Waals surface area contributed by atoms with E-state index in [1.54, 1.807) is 36.4 Å². The molecule has 3 rings (SSSR count). The molecule has 9 nitrogen and oxygen atoms in total. The van der Waals surface area contributed by atoms with Crippen molar-refractivity contribution in [2.24, 2.45) is 0 Å². The van der Waals surface area contributed by atoms with Gasteiger partial charge < -0.3 is 30.2 Å². The number of esters is 3. The summed E-state index contributed by atoms with van der Waals surface area (Å²) in [5.74, 6) is -1.28. The van der Waals surface area contributed by atoms with E-state index in [9.17, 15) is 14.4 Å². The molecule has 0 aromatic heterocycles. The maximum atomic E-state index is 12.2. The van der Waals surface area contributed by atoms with Gasteiger partial charge in [-0.05, 0) is 44.3 Å². The summed E-state index contributed by atoms with van der Waals surface area (Å²) in [5, 5.41) is 10.1. The number of hydrogen-bond donors (Lipinski definition) is 3. The number of carbonyl (C=O) groups is 3. The van der Waals surface area contributed by atoms with Gasteiger partial charge in [-0.15, -0.1) is 0 Å². The van der Waals surface area contributed by atoms with Gasteiger partial charge in [0.2, 0.25) is 0 Å². The molecule has 37 heavy (non-hydrogen) atoms. The average Bonchev–Trinajstić information content (AvgIpc) is 2.95. The van der Waals surface area contributed by atoms with Crippen LogP contribution in [-0.4, -0.2) is 58.1 Å². The van der Waals surface area contributed by atoms with Gasteiger partial charge in [0.15, 0.2) is 0 Å². The minimum atomic E-state index is -0.829. The van der Waals surface area contributed by atoms with E-state index >= 15 is 0 Å². The van der Waals surface area contributed by atoms with Gasteiger partial charge >= 0.3 is 17.9 Å². The minimum absolute atomic E-state index is 0.428. The fourth-order valence-corrected chi connectivity index (χ4v) is 5.05. The van der Waals surface area contributed by atoms with Gasteiger partial charge in [-0.3, -0.25) is 0 Å². The zero-order chi connectivity index (χ0) is 26.6. The number of hydrogen-bond acceptors (Lipinski definition) is 9. The van der Waals surface area contributed by atoms with Gasteiger partial charge in [-0.2, -0.15) is 0 Å². The number of anilines is 3. The van der Waals surface area contributed by atoms with E-state index in [0.717, 1.165) is 0 Å². The SMILES string of the molecule is COC(=O)c1ccccc1NCP(CNc1ccccc1C(=O)OC)CNc1ccccc1C(=O)OC. The highest BCUT2D eigenvalue weighted by Crippen LogP contribution is 2.36.